The fraction of sp³-hybridized carbons (Fsp3) is 1.00. The third-order valence-corrected chi connectivity index (χ3v) is 2.18. The molecule has 10 heavy (non-hydrogen) atoms. The molecule has 0 unspecified atom stereocenters. The van der Waals surface area contributed by atoms with Gasteiger partial charge in [-0.2, -0.15) is 0 Å². The molecule has 59 valence electrons. The van der Waals surface area contributed by atoms with Crippen LogP contribution >= 0.6 is 11.6 Å². The molecule has 0 heterocycles. The van der Waals surface area contributed by atoms with Crippen molar-refractivity contribution in [2.24, 2.45) is 0 Å². The van der Waals surface area contributed by atoms with E-state index in [9.17, 15) is 0 Å². The Labute approximate surface area is 72.8 Å². The largest absolute Gasteiger partial charge is 0.127 e. The Hall–Kier alpha value is 0.507. The maximum absolute atomic E-state index is 5.53. The smallest absolute Gasteiger partial charge is 0.0223 e. The Bertz CT molecular complexity index is 49.2. The van der Waals surface area contributed by atoms with Crippen LogP contribution in [-0.4, -0.2) is 16.1 Å². The summed E-state index contributed by atoms with van der Waals surface area (Å²) in [5.41, 5.74) is 0. The number of rotatable bonds is 7. The predicted molar refractivity (Wildman–Crippen MR) is 49.0 cm³/mol. The van der Waals surface area contributed by atoms with Gasteiger partial charge in [-0.1, -0.05) is 38.1 Å². The molecule has 0 amide bonds. The van der Waals surface area contributed by atoms with Crippen molar-refractivity contribution in [3.05, 3.63) is 0 Å². The number of alkyl halides is 1. The molecule has 2 heteroatoms. The molecule has 0 saturated carbocycles. The number of hydrogen-bond donors (Lipinski definition) is 0. The lowest BCUT2D eigenvalue weighted by molar-refractivity contribution is 0.626. The van der Waals surface area contributed by atoms with Crippen LogP contribution in [0, 0.1) is 0 Å². The molecule has 0 aromatic carbocycles. The summed E-state index contributed by atoms with van der Waals surface area (Å²) < 4.78 is 0. The molecule has 0 aliphatic carbocycles. The summed E-state index contributed by atoms with van der Waals surface area (Å²) in [6.45, 7) is 0. The number of halogens is 1. The van der Waals surface area contributed by atoms with E-state index < -0.39 is 0 Å². The summed E-state index contributed by atoms with van der Waals surface area (Å²) in [6, 6.07) is 1.15. The highest BCUT2D eigenvalue weighted by Crippen LogP contribution is 2.06. The SMILES string of the molecule is [Si]CCCCCCCCCl. The standard InChI is InChI=1S/C8H16ClSi/c9-7-5-3-1-2-4-6-8-10/h1-8H2. The van der Waals surface area contributed by atoms with Crippen molar-refractivity contribution in [3.63, 3.8) is 0 Å². The minimum atomic E-state index is 0.831. The molecule has 0 nitrogen and oxygen atoms in total. The normalized spacial score (nSPS) is 10.2. The van der Waals surface area contributed by atoms with Gasteiger partial charge in [0.15, 0.2) is 0 Å². The lowest BCUT2D eigenvalue weighted by Gasteiger charge is -1.97. The highest BCUT2D eigenvalue weighted by atomic mass is 35.5. The molecule has 0 rings (SSSR count). The lowest BCUT2D eigenvalue weighted by Crippen LogP contribution is -1.80. The first-order valence-corrected chi connectivity index (χ1v) is 5.36. The van der Waals surface area contributed by atoms with Gasteiger partial charge in [-0.05, 0) is 6.42 Å². The minimum absolute atomic E-state index is 0.831. The maximum atomic E-state index is 5.53. The van der Waals surface area contributed by atoms with Crippen molar-refractivity contribution in [2.75, 3.05) is 5.88 Å². The molecular weight excluding hydrogens is 160 g/mol. The van der Waals surface area contributed by atoms with Crippen molar-refractivity contribution in [1.29, 1.82) is 0 Å². The van der Waals surface area contributed by atoms with E-state index >= 15 is 0 Å². The second-order valence-electron chi connectivity index (χ2n) is 2.56. The quantitative estimate of drug-likeness (QED) is 0.317. The van der Waals surface area contributed by atoms with Gasteiger partial charge in [0.1, 0.15) is 0 Å². The molecule has 0 bridgehead atoms. The first-order chi connectivity index (χ1) is 4.91. The molecule has 0 aromatic rings. The molecule has 0 aliphatic rings. The van der Waals surface area contributed by atoms with Crippen molar-refractivity contribution in [2.45, 2.75) is 44.6 Å². The second kappa shape index (κ2) is 9.51. The van der Waals surface area contributed by atoms with Crippen molar-refractivity contribution >= 4 is 21.8 Å². The molecule has 0 aliphatic heterocycles. The van der Waals surface area contributed by atoms with Crippen LogP contribution in [-0.2, 0) is 0 Å². The third kappa shape index (κ3) is 8.51. The van der Waals surface area contributed by atoms with E-state index in [1.165, 1.54) is 38.5 Å². The third-order valence-electron chi connectivity index (χ3n) is 1.56. The Morgan fingerprint density at radius 2 is 1.30 bits per heavy atom. The lowest BCUT2D eigenvalue weighted by atomic mass is 10.1. The van der Waals surface area contributed by atoms with Gasteiger partial charge >= 0.3 is 0 Å². The van der Waals surface area contributed by atoms with E-state index in [-0.39, 0.29) is 0 Å². The zero-order valence-electron chi connectivity index (χ0n) is 6.53. The van der Waals surface area contributed by atoms with Gasteiger partial charge in [0.25, 0.3) is 0 Å². The number of hydrogen-bond acceptors (Lipinski definition) is 0. The van der Waals surface area contributed by atoms with E-state index in [0.29, 0.717) is 0 Å². The van der Waals surface area contributed by atoms with Gasteiger partial charge in [0, 0.05) is 16.1 Å². The Morgan fingerprint density at radius 3 is 1.80 bits per heavy atom. The van der Waals surface area contributed by atoms with Gasteiger partial charge in [0.2, 0.25) is 0 Å². The molecular formula is C8H16ClSi. The molecule has 0 saturated heterocycles. The zero-order valence-corrected chi connectivity index (χ0v) is 8.29. The van der Waals surface area contributed by atoms with E-state index in [0.717, 1.165) is 11.9 Å². The average molecular weight is 176 g/mol. The van der Waals surface area contributed by atoms with Crippen molar-refractivity contribution in [1.82, 2.24) is 0 Å². The summed E-state index contributed by atoms with van der Waals surface area (Å²) in [5.74, 6) is 0.831. The maximum Gasteiger partial charge on any atom is 0.0223 e. The van der Waals surface area contributed by atoms with Gasteiger partial charge in [-0.3, -0.25) is 0 Å². The Balaban J connectivity index is 2.65. The summed E-state index contributed by atoms with van der Waals surface area (Å²) in [5, 5.41) is 0. The van der Waals surface area contributed by atoms with Crippen LogP contribution in [0.1, 0.15) is 38.5 Å². The monoisotopic (exact) mass is 175 g/mol. The van der Waals surface area contributed by atoms with Crippen LogP contribution in [0.4, 0.5) is 0 Å². The van der Waals surface area contributed by atoms with Crippen LogP contribution in [0.2, 0.25) is 6.04 Å². The molecule has 0 atom stereocenters. The van der Waals surface area contributed by atoms with Crippen molar-refractivity contribution < 1.29 is 0 Å². The van der Waals surface area contributed by atoms with Crippen molar-refractivity contribution in [3.8, 4) is 0 Å². The summed E-state index contributed by atoms with van der Waals surface area (Å²) >= 11 is 5.53. The molecule has 0 spiro atoms. The molecule has 3 radical (unpaired) electrons. The van der Waals surface area contributed by atoms with Crippen LogP contribution in [0.15, 0.2) is 0 Å². The van der Waals surface area contributed by atoms with Crippen LogP contribution in [0.5, 0.6) is 0 Å². The number of unbranched alkanes of at least 4 members (excludes halogenated alkanes) is 5. The minimum Gasteiger partial charge on any atom is -0.127 e. The molecule has 0 fully saturated rings. The van der Waals surface area contributed by atoms with Crippen LogP contribution in [0.25, 0.3) is 0 Å². The summed E-state index contributed by atoms with van der Waals surface area (Å²) in [6.07, 6.45) is 7.92. The van der Waals surface area contributed by atoms with E-state index in [2.05, 4.69) is 10.2 Å². The average Bonchev–Trinajstić information content (AvgIpc) is 1.97. The van der Waals surface area contributed by atoms with Gasteiger partial charge in [-0.15, -0.1) is 11.6 Å². The highest BCUT2D eigenvalue weighted by Gasteiger charge is 1.88. The van der Waals surface area contributed by atoms with Gasteiger partial charge in [-0.25, -0.2) is 0 Å². The van der Waals surface area contributed by atoms with Gasteiger partial charge in [0.05, 0.1) is 0 Å². The highest BCUT2D eigenvalue weighted by molar-refractivity contribution is 6.17. The second-order valence-corrected chi connectivity index (χ2v) is 3.44. The Morgan fingerprint density at radius 1 is 0.800 bits per heavy atom. The molecule has 0 aromatic heterocycles. The first-order valence-electron chi connectivity index (χ1n) is 4.12. The van der Waals surface area contributed by atoms with E-state index in [4.69, 9.17) is 11.6 Å². The zero-order chi connectivity index (χ0) is 7.66. The fourth-order valence-corrected chi connectivity index (χ4v) is 1.37. The van der Waals surface area contributed by atoms with Crippen LogP contribution in [0.3, 0.4) is 0 Å². The van der Waals surface area contributed by atoms with E-state index in [1.807, 2.05) is 0 Å². The predicted octanol–water partition coefficient (Wildman–Crippen LogP) is 3.15. The summed E-state index contributed by atoms with van der Waals surface area (Å²) in [7, 11) is 3.45. The summed E-state index contributed by atoms with van der Waals surface area (Å²) in [4.78, 5) is 0. The molecule has 0 N–H and O–H groups in total. The van der Waals surface area contributed by atoms with Crippen LogP contribution < -0.4 is 0 Å². The fourth-order valence-electron chi connectivity index (χ4n) is 0.927. The topological polar surface area (TPSA) is 0 Å². The van der Waals surface area contributed by atoms with Gasteiger partial charge < -0.3 is 0 Å². The first kappa shape index (κ1) is 10.5. The van der Waals surface area contributed by atoms with E-state index in [1.54, 1.807) is 0 Å². The Kier molecular flexibility index (Phi) is 9.99.